The van der Waals surface area contributed by atoms with Crippen LogP contribution >= 0.6 is 0 Å². The van der Waals surface area contributed by atoms with Crippen LogP contribution in [0.2, 0.25) is 0 Å². The lowest BCUT2D eigenvalue weighted by Gasteiger charge is -2.16. The number of aliphatic hydroxyl groups excluding tert-OH is 1. The third-order valence-electron chi connectivity index (χ3n) is 10.1. The molecule has 13 heteroatoms. The van der Waals surface area contributed by atoms with Crippen molar-refractivity contribution in [2.45, 2.75) is 79.8 Å². The number of halogens is 8. The van der Waals surface area contributed by atoms with Gasteiger partial charge in [-0.1, -0.05) is 102 Å². The molecule has 1 atom stereocenters. The molecule has 64 heavy (non-hydrogen) atoms. The van der Waals surface area contributed by atoms with Crippen LogP contribution in [0.4, 0.5) is 35.1 Å². The van der Waals surface area contributed by atoms with E-state index >= 15 is 0 Å². The van der Waals surface area contributed by atoms with Crippen LogP contribution in [0.5, 0.6) is 11.5 Å². The number of aryl methyl sites for hydroxylation is 2. The van der Waals surface area contributed by atoms with Gasteiger partial charge in [0.25, 0.3) is 0 Å². The average Bonchev–Trinajstić information content (AvgIpc) is 3.26. The first-order chi connectivity index (χ1) is 30.1. The smallest absolute Gasteiger partial charge is 0.170 e. The highest BCUT2D eigenvalue weighted by molar-refractivity contribution is 5.81. The lowest BCUT2D eigenvalue weighted by atomic mass is 9.93. The first-order valence-electron chi connectivity index (χ1n) is 21.2. The van der Waals surface area contributed by atoms with Gasteiger partial charge in [-0.3, -0.25) is 4.79 Å². The Bertz CT molecular complexity index is 2150. The summed E-state index contributed by atoms with van der Waals surface area (Å²) in [7, 11) is 10.0. The lowest BCUT2D eigenvalue weighted by Crippen LogP contribution is -2.27. The molecule has 5 nitrogen and oxygen atoms in total. The molecule has 0 heterocycles. The number of rotatable bonds is 16. The van der Waals surface area contributed by atoms with Gasteiger partial charge in [-0.2, -0.15) is 0 Å². The summed E-state index contributed by atoms with van der Waals surface area (Å²) in [6, 6.07) is 14.1. The van der Waals surface area contributed by atoms with Crippen LogP contribution in [0.25, 0.3) is 33.4 Å². The van der Waals surface area contributed by atoms with E-state index in [4.69, 9.17) is 9.47 Å². The van der Waals surface area contributed by atoms with Crippen molar-refractivity contribution in [2.75, 3.05) is 41.9 Å². The Kier molecular flexibility index (Phi) is 20.0. The van der Waals surface area contributed by atoms with Gasteiger partial charge in [-0.15, -0.1) is 0 Å². The molecule has 0 spiro atoms. The van der Waals surface area contributed by atoms with Crippen molar-refractivity contribution >= 4 is 6.29 Å². The van der Waals surface area contributed by atoms with Gasteiger partial charge in [0.05, 0.1) is 76.3 Å². The first kappa shape index (κ1) is 53.1. The van der Waals surface area contributed by atoms with E-state index in [-0.39, 0.29) is 17.7 Å². The maximum atomic E-state index is 15.0. The molecular formula is C51H60F8NO4+. The third-order valence-corrected chi connectivity index (χ3v) is 10.1. The zero-order valence-electron chi connectivity index (χ0n) is 38.3. The molecule has 1 N–H and O–H groups in total. The van der Waals surface area contributed by atoms with Crippen molar-refractivity contribution < 1.29 is 59.0 Å². The number of ether oxygens (including phenoxy) is 2. The Balaban J connectivity index is 0.000000334. The number of nitrogens with zero attached hydrogens (tertiary/aromatic N) is 1. The highest BCUT2D eigenvalue weighted by Gasteiger charge is 2.34. The predicted molar refractivity (Wildman–Crippen MR) is 237 cm³/mol. The van der Waals surface area contributed by atoms with Crippen molar-refractivity contribution in [3.63, 3.8) is 0 Å². The van der Waals surface area contributed by atoms with Crippen LogP contribution in [-0.2, 0) is 19.4 Å². The van der Waals surface area contributed by atoms with Crippen molar-refractivity contribution in [1.29, 1.82) is 0 Å². The monoisotopic (exact) mass is 902 g/mol. The summed E-state index contributed by atoms with van der Waals surface area (Å²) in [5.41, 5.74) is -3.87. The summed E-state index contributed by atoms with van der Waals surface area (Å²) in [4.78, 5) is 11.2. The number of benzene rings is 5. The fourth-order valence-electron chi connectivity index (χ4n) is 6.56. The number of aliphatic hydroxyl groups is 1. The van der Waals surface area contributed by atoms with Gasteiger partial charge in [0.2, 0.25) is 0 Å². The second-order valence-corrected chi connectivity index (χ2v) is 17.3. The molecule has 1 unspecified atom stereocenters. The van der Waals surface area contributed by atoms with Crippen molar-refractivity contribution in [3.05, 3.63) is 129 Å². The van der Waals surface area contributed by atoms with Crippen LogP contribution in [0.15, 0.2) is 60.7 Å². The maximum absolute atomic E-state index is 15.0. The van der Waals surface area contributed by atoms with E-state index in [1.165, 1.54) is 74.9 Å². The van der Waals surface area contributed by atoms with E-state index in [2.05, 4.69) is 49.0 Å². The second-order valence-electron chi connectivity index (χ2n) is 17.3. The number of quaternary nitrogens is 1. The van der Waals surface area contributed by atoms with E-state index in [1.807, 2.05) is 13.8 Å². The molecule has 0 radical (unpaired) electrons. The molecule has 348 valence electrons. The number of hydrogen-bond acceptors (Lipinski definition) is 4. The zero-order chi connectivity index (χ0) is 48.1. The van der Waals surface area contributed by atoms with Crippen LogP contribution in [0.1, 0.15) is 87.4 Å². The minimum atomic E-state index is -2.19. The van der Waals surface area contributed by atoms with Crippen LogP contribution in [0.3, 0.4) is 0 Å². The van der Waals surface area contributed by atoms with Crippen LogP contribution in [0, 0.1) is 58.4 Å². The minimum Gasteiger partial charge on any atom is -0.496 e. The fraction of sp³-hybridized carbons (Fsp3) is 0.392. The highest BCUT2D eigenvalue weighted by atomic mass is 19.2. The van der Waals surface area contributed by atoms with Crippen molar-refractivity contribution in [1.82, 2.24) is 0 Å². The summed E-state index contributed by atoms with van der Waals surface area (Å²) in [6.07, 6.45) is 6.59. The molecule has 0 bridgehead atoms. The molecule has 0 aliphatic carbocycles. The number of hydrogen-bond donors (Lipinski definition) is 1. The van der Waals surface area contributed by atoms with E-state index < -0.39 is 68.8 Å². The lowest BCUT2D eigenvalue weighted by molar-refractivity contribution is -0.849. The SMILES string of the molecule is CCc1ccc(-c2c(F)c(F)c(-c3c(F)c(F)c(-c4ccc(CC)cc4)c(F)c3F)c(F)c2F)cc1.COc1cc(C=O)c(OCCC(C)CCCC(C)C)cc1CO.C[N+](C)(C)C. The zero-order valence-corrected chi connectivity index (χ0v) is 38.3. The summed E-state index contributed by atoms with van der Waals surface area (Å²) >= 11 is 0. The highest BCUT2D eigenvalue weighted by Crippen LogP contribution is 2.42. The maximum Gasteiger partial charge on any atom is 0.170 e. The molecular weight excluding hydrogens is 843 g/mol. The number of carbonyl (C=O) groups excluding carboxylic acids is 1. The molecule has 5 rings (SSSR count). The number of aldehydes is 1. The predicted octanol–water partition coefficient (Wildman–Crippen LogP) is 13.5. The fourth-order valence-corrected chi connectivity index (χ4v) is 6.56. The van der Waals surface area contributed by atoms with Gasteiger partial charge in [-0.25, -0.2) is 35.1 Å². The van der Waals surface area contributed by atoms with Gasteiger partial charge in [0.1, 0.15) is 11.5 Å². The molecule has 0 aliphatic rings. The second kappa shape index (κ2) is 24.1. The molecule has 0 fully saturated rings. The number of methoxy groups -OCH3 is 1. The minimum absolute atomic E-state index is 0.149. The van der Waals surface area contributed by atoms with Gasteiger partial charge < -0.3 is 19.1 Å². The molecule has 0 aliphatic heterocycles. The Labute approximate surface area is 372 Å². The number of carbonyl (C=O) groups is 1. The Morgan fingerprint density at radius 1 is 0.594 bits per heavy atom. The topological polar surface area (TPSA) is 55.8 Å². The standard InChI is InChI=1S/C28H18F8.C19H30O4.C4H12N/c1-3-13-5-9-15(10-6-13)17-21(29)25(33)19(26(34)22(17)30)20-27(35)23(31)18(24(32)28(20)36)16-11-7-14(4-2)8-12-16;1-14(2)6-5-7-15(3)8-9-23-19-11-16(12-20)18(22-4)10-17(19)13-21;1-5(2,3)4/h5-12H,3-4H2,1-2H3;10-11,13-15,20H,5-9,12H2,1-4H3;1-4H3/q;;+1. The average molecular weight is 903 g/mol. The first-order valence-corrected chi connectivity index (χ1v) is 21.2. The van der Waals surface area contributed by atoms with Gasteiger partial charge in [-0.05, 0) is 65.5 Å². The van der Waals surface area contributed by atoms with Gasteiger partial charge in [0, 0.05) is 5.56 Å². The Morgan fingerprint density at radius 2 is 0.984 bits per heavy atom. The molecule has 5 aromatic rings. The molecule has 0 saturated heterocycles. The Morgan fingerprint density at radius 3 is 1.31 bits per heavy atom. The van der Waals surface area contributed by atoms with Crippen LogP contribution < -0.4 is 9.47 Å². The summed E-state index contributed by atoms with van der Waals surface area (Å²) in [5.74, 6) is -14.3. The summed E-state index contributed by atoms with van der Waals surface area (Å²) in [6.45, 7) is 10.8. The molecule has 0 saturated carbocycles. The van der Waals surface area contributed by atoms with Crippen molar-refractivity contribution in [3.8, 4) is 44.9 Å². The normalized spacial score (nSPS) is 11.7. The van der Waals surface area contributed by atoms with E-state index in [0.29, 0.717) is 48.0 Å². The van der Waals surface area contributed by atoms with Crippen LogP contribution in [-0.4, -0.2) is 57.8 Å². The quantitative estimate of drug-likeness (QED) is 0.0464. The molecule has 0 aromatic heterocycles. The molecule has 5 aromatic carbocycles. The Hall–Kier alpha value is -5.27. The van der Waals surface area contributed by atoms with Gasteiger partial charge in [0.15, 0.2) is 52.8 Å². The summed E-state index contributed by atoms with van der Waals surface area (Å²) < 4.78 is 132. The van der Waals surface area contributed by atoms with E-state index in [0.717, 1.165) is 34.2 Å². The summed E-state index contributed by atoms with van der Waals surface area (Å²) in [5, 5.41) is 9.37. The van der Waals surface area contributed by atoms with Gasteiger partial charge >= 0.3 is 0 Å². The largest absolute Gasteiger partial charge is 0.496 e. The van der Waals surface area contributed by atoms with E-state index in [1.54, 1.807) is 12.1 Å². The molecule has 0 amide bonds. The third kappa shape index (κ3) is 13.9. The van der Waals surface area contributed by atoms with Crippen molar-refractivity contribution in [2.24, 2.45) is 11.8 Å². The van der Waals surface area contributed by atoms with E-state index in [9.17, 15) is 45.0 Å².